The highest BCUT2D eigenvalue weighted by molar-refractivity contribution is 5.98. The van der Waals surface area contributed by atoms with E-state index in [1.54, 1.807) is 0 Å². The van der Waals surface area contributed by atoms with Crippen LogP contribution < -0.4 is 4.74 Å². The zero-order valence-electron chi connectivity index (χ0n) is 17.4. The standard InChI is InChI=1S/C23H33N3O2/c1-16(2)25-12-9-19(10-13-25)28-20-7-8-21-18(14-20)15-22(24-21)23(27)26-11-5-4-6-17(26)3/h7-8,14-17,19,24H,4-6,9-13H2,1-3H3. The molecule has 2 saturated heterocycles. The summed E-state index contributed by atoms with van der Waals surface area (Å²) in [6.45, 7) is 9.72. The lowest BCUT2D eigenvalue weighted by Gasteiger charge is -2.34. The number of H-pyrrole nitrogens is 1. The number of amides is 1. The van der Waals surface area contributed by atoms with Gasteiger partial charge in [-0.2, -0.15) is 0 Å². The van der Waals surface area contributed by atoms with Crippen molar-refractivity contribution >= 4 is 16.8 Å². The quantitative estimate of drug-likeness (QED) is 0.849. The third kappa shape index (κ3) is 4.04. The van der Waals surface area contributed by atoms with Gasteiger partial charge in [0.1, 0.15) is 17.5 Å². The van der Waals surface area contributed by atoms with Gasteiger partial charge in [-0.05, 0) is 77.1 Å². The Kier molecular flexibility index (Phi) is 5.63. The van der Waals surface area contributed by atoms with E-state index in [1.807, 2.05) is 23.1 Å². The number of ether oxygens (including phenoxy) is 1. The number of aromatic nitrogens is 1. The predicted octanol–water partition coefficient (Wildman–Crippen LogP) is 4.43. The predicted molar refractivity (Wildman–Crippen MR) is 113 cm³/mol. The molecule has 0 spiro atoms. The number of aromatic amines is 1. The van der Waals surface area contributed by atoms with E-state index in [0.717, 1.165) is 62.0 Å². The van der Waals surface area contributed by atoms with E-state index >= 15 is 0 Å². The fourth-order valence-electron chi connectivity index (χ4n) is 4.56. The molecule has 1 aromatic heterocycles. The van der Waals surface area contributed by atoms with Crippen molar-refractivity contribution in [1.82, 2.24) is 14.8 Å². The number of carbonyl (C=O) groups is 1. The smallest absolute Gasteiger partial charge is 0.270 e. The van der Waals surface area contributed by atoms with E-state index in [1.165, 1.54) is 6.42 Å². The highest BCUT2D eigenvalue weighted by Gasteiger charge is 2.26. The molecule has 1 N–H and O–H groups in total. The van der Waals surface area contributed by atoms with Crippen LogP contribution in [0.5, 0.6) is 5.75 Å². The van der Waals surface area contributed by atoms with Gasteiger partial charge >= 0.3 is 0 Å². The van der Waals surface area contributed by atoms with Crippen LogP contribution in [0.25, 0.3) is 10.9 Å². The van der Waals surface area contributed by atoms with Gasteiger partial charge in [-0.15, -0.1) is 0 Å². The molecule has 0 bridgehead atoms. The first-order valence-corrected chi connectivity index (χ1v) is 10.9. The van der Waals surface area contributed by atoms with E-state index in [4.69, 9.17) is 4.74 Å². The molecular formula is C23H33N3O2. The number of hydrogen-bond donors (Lipinski definition) is 1. The van der Waals surface area contributed by atoms with Crippen molar-refractivity contribution in [3.63, 3.8) is 0 Å². The summed E-state index contributed by atoms with van der Waals surface area (Å²) in [6.07, 6.45) is 5.83. The van der Waals surface area contributed by atoms with Gasteiger partial charge in [0.15, 0.2) is 0 Å². The summed E-state index contributed by atoms with van der Waals surface area (Å²) < 4.78 is 6.26. The van der Waals surface area contributed by atoms with Gasteiger partial charge in [-0.3, -0.25) is 4.79 Å². The Hall–Kier alpha value is -2.01. The Morgan fingerprint density at radius 1 is 1.11 bits per heavy atom. The van der Waals surface area contributed by atoms with E-state index in [-0.39, 0.29) is 12.0 Å². The summed E-state index contributed by atoms with van der Waals surface area (Å²) in [6, 6.07) is 9.03. The number of likely N-dealkylation sites (tertiary alicyclic amines) is 2. The van der Waals surface area contributed by atoms with Gasteiger partial charge in [-0.1, -0.05) is 0 Å². The van der Waals surface area contributed by atoms with Crippen LogP contribution >= 0.6 is 0 Å². The fourth-order valence-corrected chi connectivity index (χ4v) is 4.56. The number of nitrogens with one attached hydrogen (secondary N) is 1. The molecule has 1 amide bonds. The molecule has 3 heterocycles. The fraction of sp³-hybridized carbons (Fsp3) is 0.609. The average molecular weight is 384 g/mol. The van der Waals surface area contributed by atoms with Crippen molar-refractivity contribution in [2.75, 3.05) is 19.6 Å². The summed E-state index contributed by atoms with van der Waals surface area (Å²) in [5.41, 5.74) is 1.68. The molecule has 0 saturated carbocycles. The normalized spacial score (nSPS) is 22.1. The average Bonchev–Trinajstić information content (AvgIpc) is 3.12. The van der Waals surface area contributed by atoms with Crippen molar-refractivity contribution in [2.24, 2.45) is 0 Å². The minimum atomic E-state index is 0.118. The molecule has 5 heteroatoms. The van der Waals surface area contributed by atoms with Crippen LogP contribution in [0.15, 0.2) is 24.3 Å². The van der Waals surface area contributed by atoms with Crippen molar-refractivity contribution in [2.45, 2.75) is 71.1 Å². The maximum absolute atomic E-state index is 12.9. The SMILES string of the molecule is CC(C)N1CCC(Oc2ccc3[nH]c(C(=O)N4CCCCC4C)cc3c2)CC1. The lowest BCUT2D eigenvalue weighted by Crippen LogP contribution is -2.42. The largest absolute Gasteiger partial charge is 0.490 e. The second-order valence-corrected chi connectivity index (χ2v) is 8.72. The van der Waals surface area contributed by atoms with E-state index in [9.17, 15) is 4.79 Å². The first-order valence-electron chi connectivity index (χ1n) is 10.9. The summed E-state index contributed by atoms with van der Waals surface area (Å²) in [5, 5.41) is 1.05. The molecule has 4 rings (SSSR count). The Morgan fingerprint density at radius 3 is 2.61 bits per heavy atom. The highest BCUT2D eigenvalue weighted by atomic mass is 16.5. The Labute approximate surface area is 168 Å². The number of hydrogen-bond acceptors (Lipinski definition) is 3. The molecule has 2 fully saturated rings. The molecule has 2 aromatic rings. The molecule has 2 aliphatic heterocycles. The maximum atomic E-state index is 12.9. The van der Waals surface area contributed by atoms with Gasteiger partial charge in [0, 0.05) is 42.6 Å². The molecule has 2 aliphatic rings. The highest BCUT2D eigenvalue weighted by Crippen LogP contribution is 2.26. The third-order valence-electron chi connectivity index (χ3n) is 6.40. The summed E-state index contributed by atoms with van der Waals surface area (Å²) in [7, 11) is 0. The number of rotatable bonds is 4. The molecule has 1 aromatic carbocycles. The van der Waals surface area contributed by atoms with Crippen molar-refractivity contribution in [1.29, 1.82) is 0 Å². The Bertz CT molecular complexity index is 820. The van der Waals surface area contributed by atoms with Gasteiger partial charge in [0.05, 0.1) is 0 Å². The Morgan fingerprint density at radius 2 is 1.89 bits per heavy atom. The molecule has 0 radical (unpaired) electrons. The van der Waals surface area contributed by atoms with E-state index < -0.39 is 0 Å². The van der Waals surface area contributed by atoms with Gasteiger partial charge < -0.3 is 19.5 Å². The zero-order valence-corrected chi connectivity index (χ0v) is 17.4. The number of nitrogens with zero attached hydrogens (tertiary/aromatic N) is 2. The number of benzene rings is 1. The molecule has 1 unspecified atom stereocenters. The Balaban J connectivity index is 1.44. The first kappa shape index (κ1) is 19.3. The van der Waals surface area contributed by atoms with Gasteiger partial charge in [-0.25, -0.2) is 0 Å². The summed E-state index contributed by atoms with van der Waals surface area (Å²) in [5.74, 6) is 1.02. The second kappa shape index (κ2) is 8.16. The van der Waals surface area contributed by atoms with Gasteiger partial charge in [0.2, 0.25) is 0 Å². The van der Waals surface area contributed by atoms with Crippen LogP contribution in [0.4, 0.5) is 0 Å². The molecule has 1 atom stereocenters. The monoisotopic (exact) mass is 383 g/mol. The van der Waals surface area contributed by atoms with Crippen LogP contribution in [0, 0.1) is 0 Å². The van der Waals surface area contributed by atoms with Crippen LogP contribution in [0.1, 0.15) is 63.4 Å². The third-order valence-corrected chi connectivity index (χ3v) is 6.40. The van der Waals surface area contributed by atoms with E-state index in [0.29, 0.717) is 17.8 Å². The minimum absolute atomic E-state index is 0.118. The van der Waals surface area contributed by atoms with Crippen molar-refractivity contribution in [3.05, 3.63) is 30.0 Å². The van der Waals surface area contributed by atoms with Crippen LogP contribution in [0.2, 0.25) is 0 Å². The minimum Gasteiger partial charge on any atom is -0.490 e. The number of fused-ring (bicyclic) bond motifs is 1. The number of carbonyl (C=O) groups excluding carboxylic acids is 1. The molecular weight excluding hydrogens is 350 g/mol. The van der Waals surface area contributed by atoms with Crippen molar-refractivity contribution < 1.29 is 9.53 Å². The second-order valence-electron chi connectivity index (χ2n) is 8.72. The van der Waals surface area contributed by atoms with Crippen LogP contribution in [-0.2, 0) is 0 Å². The van der Waals surface area contributed by atoms with E-state index in [2.05, 4.69) is 36.7 Å². The maximum Gasteiger partial charge on any atom is 0.270 e. The topological polar surface area (TPSA) is 48.6 Å². The molecule has 28 heavy (non-hydrogen) atoms. The van der Waals surface area contributed by atoms with Crippen molar-refractivity contribution in [3.8, 4) is 5.75 Å². The molecule has 0 aliphatic carbocycles. The molecule has 152 valence electrons. The first-order chi connectivity index (χ1) is 13.5. The van der Waals surface area contributed by atoms with Crippen LogP contribution in [0.3, 0.4) is 0 Å². The summed E-state index contributed by atoms with van der Waals surface area (Å²) >= 11 is 0. The summed E-state index contributed by atoms with van der Waals surface area (Å²) in [4.78, 5) is 20.8. The molecule has 5 nitrogen and oxygen atoms in total. The lowest BCUT2D eigenvalue weighted by molar-refractivity contribution is 0.0630. The number of piperidine rings is 2. The zero-order chi connectivity index (χ0) is 19.7. The van der Waals surface area contributed by atoms with Gasteiger partial charge in [0.25, 0.3) is 5.91 Å². The lowest BCUT2D eigenvalue weighted by atomic mass is 10.0. The van der Waals surface area contributed by atoms with Crippen LogP contribution in [-0.4, -0.2) is 58.5 Å².